The Hall–Kier alpha value is -2.97. The van der Waals surface area contributed by atoms with Crippen molar-refractivity contribution < 1.29 is 23.9 Å². The Bertz CT molecular complexity index is 1040. The number of hydrogen-bond donors (Lipinski definition) is 3. The number of rotatable bonds is 4. The van der Waals surface area contributed by atoms with Crippen LogP contribution in [0.2, 0.25) is 5.02 Å². The van der Waals surface area contributed by atoms with Gasteiger partial charge in [-0.05, 0) is 53.9 Å². The quantitative estimate of drug-likeness (QED) is 0.646. The van der Waals surface area contributed by atoms with Gasteiger partial charge in [0.1, 0.15) is 5.82 Å². The van der Waals surface area contributed by atoms with E-state index in [-0.39, 0.29) is 30.4 Å². The average molecular weight is 432 g/mol. The number of fused-ring (bicyclic) bond motifs is 1. The van der Waals surface area contributed by atoms with Crippen molar-refractivity contribution in [2.75, 3.05) is 16.8 Å². The van der Waals surface area contributed by atoms with E-state index in [1.54, 1.807) is 18.2 Å². The molecular weight excluding hydrogens is 413 g/mol. The highest BCUT2D eigenvalue weighted by atomic mass is 35.5. The summed E-state index contributed by atoms with van der Waals surface area (Å²) in [5.74, 6) is -2.17. The molecule has 3 N–H and O–H groups in total. The van der Waals surface area contributed by atoms with Crippen LogP contribution in [0.15, 0.2) is 36.4 Å². The predicted octanol–water partition coefficient (Wildman–Crippen LogP) is 2.15. The number of benzene rings is 2. The summed E-state index contributed by atoms with van der Waals surface area (Å²) in [4.78, 5) is 38.3. The Morgan fingerprint density at radius 1 is 1.23 bits per heavy atom. The third kappa shape index (κ3) is 3.76. The Morgan fingerprint density at radius 3 is 2.80 bits per heavy atom. The molecule has 3 amide bonds. The van der Waals surface area contributed by atoms with E-state index in [0.717, 1.165) is 11.6 Å². The molecule has 156 valence electrons. The van der Waals surface area contributed by atoms with Crippen molar-refractivity contribution in [1.82, 2.24) is 5.32 Å². The van der Waals surface area contributed by atoms with Gasteiger partial charge in [0.15, 0.2) is 0 Å². The molecule has 0 radical (unpaired) electrons. The second-order valence-corrected chi connectivity index (χ2v) is 7.85. The minimum Gasteiger partial charge on any atom is -0.372 e. The minimum atomic E-state index is -2.21. The molecule has 2 heterocycles. The minimum absolute atomic E-state index is 0.0573. The Balaban J connectivity index is 1.47. The number of carbonyl (C=O) groups excluding carboxylic acids is 3. The predicted molar refractivity (Wildman–Crippen MR) is 109 cm³/mol. The largest absolute Gasteiger partial charge is 0.372 e. The van der Waals surface area contributed by atoms with Crippen molar-refractivity contribution in [1.29, 1.82) is 0 Å². The van der Waals surface area contributed by atoms with Gasteiger partial charge in [-0.1, -0.05) is 11.6 Å². The van der Waals surface area contributed by atoms with Gasteiger partial charge in [0, 0.05) is 42.3 Å². The van der Waals surface area contributed by atoms with E-state index < -0.39 is 23.2 Å². The van der Waals surface area contributed by atoms with Gasteiger partial charge in [-0.3, -0.25) is 14.4 Å². The molecule has 30 heavy (non-hydrogen) atoms. The zero-order valence-electron chi connectivity index (χ0n) is 15.9. The lowest BCUT2D eigenvalue weighted by molar-refractivity contribution is -0.149. The number of nitrogens with zero attached hydrogens (tertiary/aromatic N) is 1. The van der Waals surface area contributed by atoms with Crippen LogP contribution in [0.25, 0.3) is 0 Å². The summed E-state index contributed by atoms with van der Waals surface area (Å²) < 4.78 is 13.4. The highest BCUT2D eigenvalue weighted by molar-refractivity contribution is 6.30. The van der Waals surface area contributed by atoms with E-state index >= 15 is 0 Å². The molecule has 2 aliphatic rings. The van der Waals surface area contributed by atoms with Crippen LogP contribution >= 0.6 is 11.6 Å². The number of hydrogen-bond acceptors (Lipinski definition) is 4. The lowest BCUT2D eigenvalue weighted by atomic mass is 10.0. The number of anilines is 2. The fourth-order valence-electron chi connectivity index (χ4n) is 3.74. The van der Waals surface area contributed by atoms with Crippen molar-refractivity contribution in [3.8, 4) is 0 Å². The molecular formula is C21H19ClFN3O4. The molecule has 0 bridgehead atoms. The highest BCUT2D eigenvalue weighted by Crippen LogP contribution is 2.33. The van der Waals surface area contributed by atoms with Gasteiger partial charge in [-0.25, -0.2) is 4.39 Å². The zero-order valence-corrected chi connectivity index (χ0v) is 16.6. The van der Waals surface area contributed by atoms with Crippen molar-refractivity contribution >= 4 is 40.7 Å². The summed E-state index contributed by atoms with van der Waals surface area (Å²) in [6.07, 6.45) is 0.841. The normalized spacial score (nSPS) is 20.7. The molecule has 1 unspecified atom stereocenters. The third-order valence-electron chi connectivity index (χ3n) is 5.34. The first-order valence-electron chi connectivity index (χ1n) is 9.47. The lowest BCUT2D eigenvalue weighted by Gasteiger charge is -2.24. The van der Waals surface area contributed by atoms with Gasteiger partial charge in [0.05, 0.1) is 0 Å². The first-order valence-corrected chi connectivity index (χ1v) is 9.84. The van der Waals surface area contributed by atoms with Gasteiger partial charge in [-0.2, -0.15) is 0 Å². The number of aryl methyl sites for hydroxylation is 1. The second kappa shape index (κ2) is 7.70. The highest BCUT2D eigenvalue weighted by Gasteiger charge is 2.51. The van der Waals surface area contributed by atoms with Crippen LogP contribution in [0.4, 0.5) is 15.8 Å². The van der Waals surface area contributed by atoms with E-state index in [1.165, 1.54) is 17.0 Å². The molecule has 1 atom stereocenters. The maximum absolute atomic E-state index is 13.4. The van der Waals surface area contributed by atoms with Gasteiger partial charge < -0.3 is 20.6 Å². The fourth-order valence-corrected chi connectivity index (χ4v) is 3.99. The Labute approximate surface area is 176 Å². The summed E-state index contributed by atoms with van der Waals surface area (Å²) in [6, 6.07) is 9.00. The van der Waals surface area contributed by atoms with Crippen LogP contribution in [-0.2, 0) is 27.3 Å². The molecule has 2 aliphatic heterocycles. The maximum Gasteiger partial charge on any atom is 0.268 e. The molecule has 2 aromatic carbocycles. The summed E-state index contributed by atoms with van der Waals surface area (Å²) >= 11 is 5.80. The van der Waals surface area contributed by atoms with Crippen molar-refractivity contribution in [2.24, 2.45) is 0 Å². The smallest absolute Gasteiger partial charge is 0.268 e. The van der Waals surface area contributed by atoms with Crippen molar-refractivity contribution in [3.05, 3.63) is 58.4 Å². The zero-order chi connectivity index (χ0) is 21.5. The van der Waals surface area contributed by atoms with Crippen LogP contribution in [0.1, 0.15) is 24.0 Å². The van der Waals surface area contributed by atoms with Crippen LogP contribution in [0.5, 0.6) is 0 Å². The second-order valence-electron chi connectivity index (χ2n) is 7.42. The summed E-state index contributed by atoms with van der Waals surface area (Å²) in [6.45, 7) is 0.0874. The molecule has 0 saturated carbocycles. The van der Waals surface area contributed by atoms with Crippen molar-refractivity contribution in [3.63, 3.8) is 0 Å². The Morgan fingerprint density at radius 2 is 2.03 bits per heavy atom. The van der Waals surface area contributed by atoms with Gasteiger partial charge in [0.2, 0.25) is 11.5 Å². The molecule has 1 saturated heterocycles. The van der Waals surface area contributed by atoms with Gasteiger partial charge >= 0.3 is 0 Å². The summed E-state index contributed by atoms with van der Waals surface area (Å²) in [5.41, 5.74) is 0.346. The standard InChI is InChI=1S/C21H19ClFN3O4/c22-14-7-12(8-15(23)10-14)11-24-19(28)21(30)5-6-26(20(21)29)16-2-3-17-13(9-16)1-4-18(27)25-17/h2-3,7-10,30H,1,4-6,11H2,(H,24,28)(H,25,27). The number of halogens is 2. The number of amides is 3. The van der Waals surface area contributed by atoms with E-state index in [1.807, 2.05) is 0 Å². The molecule has 0 spiro atoms. The first kappa shape index (κ1) is 20.3. The molecule has 0 aromatic heterocycles. The lowest BCUT2D eigenvalue weighted by Crippen LogP contribution is -2.52. The monoisotopic (exact) mass is 431 g/mol. The van der Waals surface area contributed by atoms with Crippen LogP contribution in [0, 0.1) is 5.82 Å². The van der Waals surface area contributed by atoms with Crippen LogP contribution in [-0.4, -0.2) is 35.0 Å². The van der Waals surface area contributed by atoms with Crippen LogP contribution < -0.4 is 15.5 Å². The third-order valence-corrected chi connectivity index (χ3v) is 5.56. The fraction of sp³-hybridized carbons (Fsp3) is 0.286. The summed E-state index contributed by atoms with van der Waals surface area (Å²) in [7, 11) is 0. The van der Waals surface area contributed by atoms with E-state index in [2.05, 4.69) is 10.6 Å². The van der Waals surface area contributed by atoms with E-state index in [4.69, 9.17) is 11.6 Å². The van der Waals surface area contributed by atoms with Crippen LogP contribution in [0.3, 0.4) is 0 Å². The molecule has 9 heteroatoms. The number of aliphatic hydroxyl groups is 1. The average Bonchev–Trinajstić information content (AvgIpc) is 3.01. The molecule has 1 fully saturated rings. The number of carbonyl (C=O) groups is 3. The maximum atomic E-state index is 13.4. The molecule has 4 rings (SSSR count). The topological polar surface area (TPSA) is 98.7 Å². The molecule has 2 aromatic rings. The molecule has 7 nitrogen and oxygen atoms in total. The van der Waals surface area contributed by atoms with Gasteiger partial charge in [-0.15, -0.1) is 0 Å². The first-order chi connectivity index (χ1) is 14.3. The SMILES string of the molecule is O=C1CCc2cc(N3CCC(O)(C(=O)NCc4cc(F)cc(Cl)c4)C3=O)ccc2N1. The van der Waals surface area contributed by atoms with E-state index in [0.29, 0.717) is 29.8 Å². The molecule has 0 aliphatic carbocycles. The van der Waals surface area contributed by atoms with Gasteiger partial charge in [0.25, 0.3) is 11.8 Å². The summed E-state index contributed by atoms with van der Waals surface area (Å²) in [5, 5.41) is 16.2. The van der Waals surface area contributed by atoms with Crippen molar-refractivity contribution in [2.45, 2.75) is 31.4 Å². The Kier molecular flexibility index (Phi) is 5.21. The van der Waals surface area contributed by atoms with E-state index in [9.17, 15) is 23.9 Å². The number of nitrogens with one attached hydrogen (secondary N) is 2.